The van der Waals surface area contributed by atoms with Crippen molar-refractivity contribution in [3.05, 3.63) is 21.6 Å². The van der Waals surface area contributed by atoms with Crippen molar-refractivity contribution >= 4 is 0 Å². The van der Waals surface area contributed by atoms with Crippen LogP contribution in [0.4, 0.5) is 0 Å². The smallest absolute Gasteiger partial charge is 0.270 e. The summed E-state index contributed by atoms with van der Waals surface area (Å²) in [5.41, 5.74) is 2.18. The molecule has 4 nitrogen and oxygen atoms in total. The summed E-state index contributed by atoms with van der Waals surface area (Å²) >= 11 is 0. The number of nitrogens with one attached hydrogen (secondary N) is 2. The molecule has 1 unspecified atom stereocenters. The van der Waals surface area contributed by atoms with E-state index in [1.165, 1.54) is 0 Å². The molecule has 0 aromatic carbocycles. The van der Waals surface area contributed by atoms with Crippen LogP contribution < -0.4 is 10.9 Å². The standard InChI is InChI=1S/C9H15N3O/c1-3-12-9(13)7-4-6(2)10-5-8(7)11-12/h6,10-11H,3-5H2,1-2H3. The Hall–Kier alpha value is -1.03. The van der Waals surface area contributed by atoms with Crippen LogP contribution in [0.1, 0.15) is 25.1 Å². The molecule has 1 aliphatic rings. The fourth-order valence-electron chi connectivity index (χ4n) is 1.81. The third-order valence-electron chi connectivity index (χ3n) is 2.59. The first-order valence-electron chi connectivity index (χ1n) is 4.76. The maximum absolute atomic E-state index is 11.7. The second kappa shape index (κ2) is 3.03. The number of nitrogens with zero attached hydrogens (tertiary/aromatic N) is 1. The van der Waals surface area contributed by atoms with Crippen LogP contribution in [0.2, 0.25) is 0 Å². The minimum Gasteiger partial charge on any atom is -0.308 e. The zero-order valence-corrected chi connectivity index (χ0v) is 8.05. The highest BCUT2D eigenvalue weighted by Crippen LogP contribution is 2.10. The molecule has 1 aromatic heterocycles. The average Bonchev–Trinajstić information content (AvgIpc) is 2.44. The highest BCUT2D eigenvalue weighted by atomic mass is 16.1. The van der Waals surface area contributed by atoms with Gasteiger partial charge in [-0.05, 0) is 20.3 Å². The maximum Gasteiger partial charge on any atom is 0.270 e. The molecular formula is C9H15N3O. The van der Waals surface area contributed by atoms with E-state index in [1.807, 2.05) is 6.92 Å². The van der Waals surface area contributed by atoms with Crippen LogP contribution in [0.25, 0.3) is 0 Å². The summed E-state index contributed by atoms with van der Waals surface area (Å²) in [6, 6.07) is 0.418. The molecule has 0 amide bonds. The molecule has 0 saturated heterocycles. The SMILES string of the molecule is CCn1[nH]c2c(c1=O)CC(C)NC2. The summed E-state index contributed by atoms with van der Waals surface area (Å²) in [6.07, 6.45) is 0.845. The van der Waals surface area contributed by atoms with E-state index in [9.17, 15) is 4.79 Å². The van der Waals surface area contributed by atoms with Gasteiger partial charge in [0.15, 0.2) is 0 Å². The minimum atomic E-state index is 0.158. The quantitative estimate of drug-likeness (QED) is 0.651. The van der Waals surface area contributed by atoms with Crippen LogP contribution in [-0.4, -0.2) is 15.8 Å². The molecule has 1 aliphatic heterocycles. The summed E-state index contributed by atoms with van der Waals surface area (Å²) in [7, 11) is 0. The molecule has 0 fully saturated rings. The Balaban J connectivity index is 2.46. The third-order valence-corrected chi connectivity index (χ3v) is 2.59. The molecule has 0 spiro atoms. The van der Waals surface area contributed by atoms with Crippen molar-refractivity contribution in [1.82, 2.24) is 15.1 Å². The fraction of sp³-hybridized carbons (Fsp3) is 0.667. The first-order valence-corrected chi connectivity index (χ1v) is 4.76. The molecule has 0 saturated carbocycles. The zero-order valence-electron chi connectivity index (χ0n) is 8.05. The van der Waals surface area contributed by atoms with Crippen molar-refractivity contribution in [2.24, 2.45) is 0 Å². The number of H-pyrrole nitrogens is 1. The van der Waals surface area contributed by atoms with Gasteiger partial charge in [-0.15, -0.1) is 0 Å². The van der Waals surface area contributed by atoms with Crippen LogP contribution in [0.3, 0.4) is 0 Å². The molecule has 4 heteroatoms. The Kier molecular flexibility index (Phi) is 2.00. The van der Waals surface area contributed by atoms with Crippen LogP contribution in [-0.2, 0) is 19.5 Å². The maximum atomic E-state index is 11.7. The lowest BCUT2D eigenvalue weighted by Crippen LogP contribution is -2.34. The molecular weight excluding hydrogens is 166 g/mol. The van der Waals surface area contributed by atoms with E-state index < -0.39 is 0 Å². The van der Waals surface area contributed by atoms with Crippen molar-refractivity contribution < 1.29 is 0 Å². The summed E-state index contributed by atoms with van der Waals surface area (Å²) in [5.74, 6) is 0. The minimum absolute atomic E-state index is 0.158. The van der Waals surface area contributed by atoms with Gasteiger partial charge < -0.3 is 5.32 Å². The molecule has 0 bridgehead atoms. The second-order valence-corrected chi connectivity index (χ2v) is 3.60. The van der Waals surface area contributed by atoms with E-state index in [1.54, 1.807) is 4.68 Å². The van der Waals surface area contributed by atoms with Crippen LogP contribution in [0.5, 0.6) is 0 Å². The van der Waals surface area contributed by atoms with E-state index in [-0.39, 0.29) is 5.56 Å². The third kappa shape index (κ3) is 1.31. The van der Waals surface area contributed by atoms with Gasteiger partial charge in [0, 0.05) is 24.7 Å². The molecule has 2 rings (SSSR count). The van der Waals surface area contributed by atoms with Gasteiger partial charge in [0.25, 0.3) is 5.56 Å². The lowest BCUT2D eigenvalue weighted by atomic mass is 10.0. The Labute approximate surface area is 76.9 Å². The van der Waals surface area contributed by atoms with Crippen LogP contribution >= 0.6 is 0 Å². The number of aromatic amines is 1. The summed E-state index contributed by atoms with van der Waals surface area (Å²) in [5, 5.41) is 6.43. The highest BCUT2D eigenvalue weighted by Gasteiger charge is 2.20. The van der Waals surface area contributed by atoms with Crippen molar-refractivity contribution in [3.8, 4) is 0 Å². The summed E-state index contributed by atoms with van der Waals surface area (Å²) in [6.45, 7) is 5.59. The lowest BCUT2D eigenvalue weighted by Gasteiger charge is -2.18. The molecule has 2 heterocycles. The Morgan fingerprint density at radius 1 is 1.62 bits per heavy atom. The van der Waals surface area contributed by atoms with Crippen molar-refractivity contribution in [2.45, 2.75) is 39.4 Å². The monoisotopic (exact) mass is 181 g/mol. The van der Waals surface area contributed by atoms with E-state index in [2.05, 4.69) is 17.3 Å². The number of fused-ring (bicyclic) bond motifs is 1. The number of aryl methyl sites for hydroxylation is 1. The van der Waals surface area contributed by atoms with Gasteiger partial charge >= 0.3 is 0 Å². The van der Waals surface area contributed by atoms with Gasteiger partial charge in [-0.2, -0.15) is 0 Å². The van der Waals surface area contributed by atoms with Gasteiger partial charge in [0.05, 0.1) is 5.69 Å². The van der Waals surface area contributed by atoms with Gasteiger partial charge in [-0.1, -0.05) is 0 Å². The number of hydrogen-bond donors (Lipinski definition) is 2. The molecule has 1 aromatic rings. The van der Waals surface area contributed by atoms with E-state index >= 15 is 0 Å². The molecule has 72 valence electrons. The number of aromatic nitrogens is 2. The van der Waals surface area contributed by atoms with E-state index in [0.29, 0.717) is 6.04 Å². The van der Waals surface area contributed by atoms with Gasteiger partial charge in [0.2, 0.25) is 0 Å². The van der Waals surface area contributed by atoms with Crippen LogP contribution in [0, 0.1) is 0 Å². The predicted molar refractivity (Wildman–Crippen MR) is 50.7 cm³/mol. The average molecular weight is 181 g/mol. The molecule has 13 heavy (non-hydrogen) atoms. The highest BCUT2D eigenvalue weighted by molar-refractivity contribution is 5.21. The summed E-state index contributed by atoms with van der Waals surface area (Å²) in [4.78, 5) is 11.7. The van der Waals surface area contributed by atoms with Gasteiger partial charge in [-0.25, -0.2) is 0 Å². The Bertz CT molecular complexity index is 363. The van der Waals surface area contributed by atoms with Crippen LogP contribution in [0.15, 0.2) is 4.79 Å². The van der Waals surface area contributed by atoms with E-state index in [0.717, 1.165) is 30.8 Å². The predicted octanol–water partition coefficient (Wildman–Crippen LogP) is 0.230. The number of rotatable bonds is 1. The second-order valence-electron chi connectivity index (χ2n) is 3.60. The van der Waals surface area contributed by atoms with Gasteiger partial charge in [0.1, 0.15) is 0 Å². The molecule has 0 radical (unpaired) electrons. The van der Waals surface area contributed by atoms with Crippen molar-refractivity contribution in [1.29, 1.82) is 0 Å². The molecule has 0 aliphatic carbocycles. The van der Waals surface area contributed by atoms with Gasteiger partial charge in [-0.3, -0.25) is 14.6 Å². The normalized spacial score (nSPS) is 21.5. The first kappa shape index (κ1) is 8.56. The topological polar surface area (TPSA) is 49.8 Å². The Morgan fingerprint density at radius 3 is 3.08 bits per heavy atom. The fourth-order valence-corrected chi connectivity index (χ4v) is 1.81. The lowest BCUT2D eigenvalue weighted by molar-refractivity contribution is 0.505. The van der Waals surface area contributed by atoms with Crippen molar-refractivity contribution in [2.75, 3.05) is 0 Å². The molecule has 2 N–H and O–H groups in total. The zero-order chi connectivity index (χ0) is 9.42. The largest absolute Gasteiger partial charge is 0.308 e. The van der Waals surface area contributed by atoms with Crippen molar-refractivity contribution in [3.63, 3.8) is 0 Å². The molecule has 1 atom stereocenters. The number of hydrogen-bond acceptors (Lipinski definition) is 2. The Morgan fingerprint density at radius 2 is 2.38 bits per heavy atom. The summed E-state index contributed by atoms with van der Waals surface area (Å²) < 4.78 is 1.67. The van der Waals surface area contributed by atoms with E-state index in [4.69, 9.17) is 0 Å². The first-order chi connectivity index (χ1) is 6.22.